The summed E-state index contributed by atoms with van der Waals surface area (Å²) in [6.45, 7) is -0.148. The summed E-state index contributed by atoms with van der Waals surface area (Å²) >= 11 is 11.1. The Morgan fingerprint density at radius 3 is 2.13 bits per heavy atom. The van der Waals surface area contributed by atoms with E-state index in [2.05, 4.69) is 10.6 Å². The van der Waals surface area contributed by atoms with E-state index < -0.39 is 5.91 Å². The molecule has 6 nitrogen and oxygen atoms in total. The van der Waals surface area contributed by atoms with Crippen LogP contribution in [-0.2, 0) is 6.61 Å². The van der Waals surface area contributed by atoms with Gasteiger partial charge in [-0.25, -0.2) is 0 Å². The van der Waals surface area contributed by atoms with Gasteiger partial charge in [0.25, 0.3) is 5.91 Å². The Bertz CT molecular complexity index is 1210. The molecule has 0 atom stereocenters. The lowest BCUT2D eigenvalue weighted by Gasteiger charge is -2.09. The van der Waals surface area contributed by atoms with Crippen molar-refractivity contribution in [3.05, 3.63) is 89.3 Å². The molecule has 4 aromatic rings. The molecule has 0 bridgehead atoms. The molecule has 0 saturated heterocycles. The summed E-state index contributed by atoms with van der Waals surface area (Å²) in [7, 11) is 0. The van der Waals surface area contributed by atoms with Gasteiger partial charge in [0.1, 0.15) is 23.9 Å². The molecule has 156 valence electrons. The average Bonchev–Trinajstić information content (AvgIpc) is 3.45. The lowest BCUT2D eigenvalue weighted by atomic mass is 10.1. The highest BCUT2D eigenvalue weighted by Gasteiger charge is 2.14. The Kier molecular flexibility index (Phi) is 6.18. The summed E-state index contributed by atoms with van der Waals surface area (Å²) in [6.07, 6.45) is 0. The number of benzene rings is 2. The standard InChI is InChI=1S/C23H17ClN2O4S/c24-16-5-1-14(2-6-16)20-11-12-21(30-20)22(28)26-23(31)25-17-7-3-15(4-8-17)19-10-9-18(13-27)29-19/h1-12,27H,13H2,(H2,25,26,28,31). The number of hydrogen-bond acceptors (Lipinski definition) is 5. The molecule has 0 aliphatic carbocycles. The Balaban J connectivity index is 1.36. The molecule has 1 amide bonds. The van der Waals surface area contributed by atoms with Crippen molar-refractivity contribution in [3.8, 4) is 22.6 Å². The van der Waals surface area contributed by atoms with Gasteiger partial charge in [0.2, 0.25) is 0 Å². The van der Waals surface area contributed by atoms with Crippen molar-refractivity contribution in [2.45, 2.75) is 6.61 Å². The molecule has 0 saturated carbocycles. The molecule has 2 heterocycles. The second-order valence-electron chi connectivity index (χ2n) is 6.58. The van der Waals surface area contributed by atoms with Gasteiger partial charge in [0.05, 0.1) is 0 Å². The number of amides is 1. The first-order valence-corrected chi connectivity index (χ1v) is 10.1. The molecule has 3 N–H and O–H groups in total. The van der Waals surface area contributed by atoms with Crippen LogP contribution in [0.25, 0.3) is 22.6 Å². The van der Waals surface area contributed by atoms with Crippen LogP contribution in [0.2, 0.25) is 5.02 Å². The summed E-state index contributed by atoms with van der Waals surface area (Å²) in [4.78, 5) is 12.4. The first-order chi connectivity index (χ1) is 15.0. The van der Waals surface area contributed by atoms with E-state index >= 15 is 0 Å². The van der Waals surface area contributed by atoms with Gasteiger partial charge in [0, 0.05) is 21.8 Å². The van der Waals surface area contributed by atoms with Crippen LogP contribution in [0.3, 0.4) is 0 Å². The zero-order valence-corrected chi connectivity index (χ0v) is 17.7. The average molecular weight is 453 g/mol. The number of halogens is 1. The lowest BCUT2D eigenvalue weighted by molar-refractivity contribution is 0.0951. The van der Waals surface area contributed by atoms with Crippen molar-refractivity contribution in [2.75, 3.05) is 5.32 Å². The van der Waals surface area contributed by atoms with E-state index in [0.717, 1.165) is 11.1 Å². The number of carbonyl (C=O) groups excluding carboxylic acids is 1. The van der Waals surface area contributed by atoms with Crippen molar-refractivity contribution < 1.29 is 18.7 Å². The normalized spacial score (nSPS) is 10.6. The highest BCUT2D eigenvalue weighted by atomic mass is 35.5. The number of carbonyl (C=O) groups is 1. The second kappa shape index (κ2) is 9.18. The number of furan rings is 2. The zero-order chi connectivity index (χ0) is 21.8. The van der Waals surface area contributed by atoms with Crippen molar-refractivity contribution in [1.82, 2.24) is 5.32 Å². The van der Waals surface area contributed by atoms with Gasteiger partial charge >= 0.3 is 0 Å². The van der Waals surface area contributed by atoms with Gasteiger partial charge in [-0.2, -0.15) is 0 Å². The largest absolute Gasteiger partial charge is 0.459 e. The van der Waals surface area contributed by atoms with Crippen molar-refractivity contribution in [3.63, 3.8) is 0 Å². The van der Waals surface area contributed by atoms with Crippen LogP contribution >= 0.6 is 23.8 Å². The molecule has 0 spiro atoms. The molecular weight excluding hydrogens is 436 g/mol. The SMILES string of the molecule is O=C(NC(=S)Nc1ccc(-c2ccc(CO)o2)cc1)c1ccc(-c2ccc(Cl)cc2)o1. The van der Waals surface area contributed by atoms with Crippen molar-refractivity contribution in [1.29, 1.82) is 0 Å². The van der Waals surface area contributed by atoms with Crippen LogP contribution < -0.4 is 10.6 Å². The Morgan fingerprint density at radius 2 is 1.48 bits per heavy atom. The number of aliphatic hydroxyl groups excluding tert-OH is 1. The van der Waals surface area contributed by atoms with E-state index in [1.165, 1.54) is 0 Å². The van der Waals surface area contributed by atoms with Crippen molar-refractivity contribution in [2.24, 2.45) is 0 Å². The summed E-state index contributed by atoms with van der Waals surface area (Å²) < 4.78 is 11.1. The fourth-order valence-electron chi connectivity index (χ4n) is 2.89. The fourth-order valence-corrected chi connectivity index (χ4v) is 3.23. The molecule has 0 aliphatic heterocycles. The van der Waals surface area contributed by atoms with Gasteiger partial charge in [-0.05, 0) is 85.0 Å². The topological polar surface area (TPSA) is 87.6 Å². The van der Waals surface area contributed by atoms with E-state index in [-0.39, 0.29) is 17.5 Å². The van der Waals surface area contributed by atoms with E-state index in [1.54, 1.807) is 48.5 Å². The third-order valence-electron chi connectivity index (χ3n) is 4.43. The summed E-state index contributed by atoms with van der Waals surface area (Å²) in [5.74, 6) is 1.39. The van der Waals surface area contributed by atoms with Gasteiger partial charge in [-0.15, -0.1) is 0 Å². The highest BCUT2D eigenvalue weighted by molar-refractivity contribution is 7.80. The highest BCUT2D eigenvalue weighted by Crippen LogP contribution is 2.25. The number of hydrogen-bond donors (Lipinski definition) is 3. The summed E-state index contributed by atoms with van der Waals surface area (Å²) in [6, 6.07) is 21.2. The third-order valence-corrected chi connectivity index (χ3v) is 4.89. The van der Waals surface area contributed by atoms with Crippen LogP contribution in [0.15, 0.2) is 81.6 Å². The second-order valence-corrected chi connectivity index (χ2v) is 7.43. The Hall–Kier alpha value is -3.39. The van der Waals surface area contributed by atoms with Crippen LogP contribution in [0, 0.1) is 0 Å². The number of nitrogens with one attached hydrogen (secondary N) is 2. The maximum absolute atomic E-state index is 12.4. The number of thiocarbonyl (C=S) groups is 1. The van der Waals surface area contributed by atoms with E-state index in [1.807, 2.05) is 24.3 Å². The lowest BCUT2D eigenvalue weighted by Crippen LogP contribution is -2.33. The molecule has 2 aromatic heterocycles. The minimum absolute atomic E-state index is 0.141. The van der Waals surface area contributed by atoms with Crippen LogP contribution in [-0.4, -0.2) is 16.1 Å². The predicted octanol–water partition coefficient (Wildman–Crippen LogP) is 5.48. The molecule has 4 rings (SSSR count). The van der Waals surface area contributed by atoms with Gasteiger partial charge in [0.15, 0.2) is 10.9 Å². The number of aliphatic hydroxyl groups is 1. The predicted molar refractivity (Wildman–Crippen MR) is 123 cm³/mol. The van der Waals surface area contributed by atoms with Crippen LogP contribution in [0.5, 0.6) is 0 Å². The first kappa shape index (κ1) is 20.9. The van der Waals surface area contributed by atoms with Crippen LogP contribution in [0.4, 0.5) is 5.69 Å². The molecular formula is C23H17ClN2O4S. The number of rotatable bonds is 5. The molecule has 0 unspecified atom stereocenters. The minimum Gasteiger partial charge on any atom is -0.459 e. The Morgan fingerprint density at radius 1 is 0.871 bits per heavy atom. The third kappa shape index (κ3) is 5.03. The van der Waals surface area contributed by atoms with Crippen molar-refractivity contribution >= 4 is 40.5 Å². The quantitative estimate of drug-likeness (QED) is 0.347. The molecule has 31 heavy (non-hydrogen) atoms. The van der Waals surface area contributed by atoms with Gasteiger partial charge in [-0.1, -0.05) is 11.6 Å². The molecule has 8 heteroatoms. The van der Waals surface area contributed by atoms with Gasteiger partial charge in [-0.3, -0.25) is 10.1 Å². The first-order valence-electron chi connectivity index (χ1n) is 9.30. The van der Waals surface area contributed by atoms with E-state index in [4.69, 9.17) is 37.8 Å². The monoisotopic (exact) mass is 452 g/mol. The van der Waals surface area contributed by atoms with Crippen LogP contribution in [0.1, 0.15) is 16.3 Å². The summed E-state index contributed by atoms with van der Waals surface area (Å²) in [5, 5.41) is 15.4. The van der Waals surface area contributed by atoms with Gasteiger partial charge < -0.3 is 19.3 Å². The molecule has 0 aliphatic rings. The fraction of sp³-hybridized carbons (Fsp3) is 0.0435. The number of anilines is 1. The Labute approximate surface area is 188 Å². The maximum atomic E-state index is 12.4. The maximum Gasteiger partial charge on any atom is 0.293 e. The van der Waals surface area contributed by atoms with E-state index in [0.29, 0.717) is 28.0 Å². The smallest absolute Gasteiger partial charge is 0.293 e. The summed E-state index contributed by atoms with van der Waals surface area (Å²) in [5.41, 5.74) is 2.36. The molecule has 0 fully saturated rings. The van der Waals surface area contributed by atoms with E-state index in [9.17, 15) is 4.79 Å². The molecule has 0 radical (unpaired) electrons. The minimum atomic E-state index is -0.457. The molecule has 2 aromatic carbocycles. The zero-order valence-electron chi connectivity index (χ0n) is 16.1.